The van der Waals surface area contributed by atoms with Crippen molar-refractivity contribution in [2.45, 2.75) is 0 Å². The van der Waals surface area contributed by atoms with Crippen molar-refractivity contribution in [3.8, 4) is 56.0 Å². The van der Waals surface area contributed by atoms with Crippen molar-refractivity contribution in [2.75, 3.05) is 4.90 Å². The fourth-order valence-electron chi connectivity index (χ4n) is 7.82. The smallest absolute Gasteiger partial charge is 0.135 e. The van der Waals surface area contributed by atoms with Gasteiger partial charge in [-0.2, -0.15) is 0 Å². The van der Waals surface area contributed by atoms with E-state index in [9.17, 15) is 0 Å². The lowest BCUT2D eigenvalue weighted by Crippen LogP contribution is -2.11. The van der Waals surface area contributed by atoms with E-state index in [0.717, 1.165) is 50.6 Å². The molecule has 9 aromatic rings. The van der Waals surface area contributed by atoms with Gasteiger partial charge in [-0.15, -0.1) is 0 Å². The molecule has 0 spiro atoms. The number of para-hydroxylation sites is 1. The van der Waals surface area contributed by atoms with Gasteiger partial charge < -0.3 is 9.64 Å². The number of nitrogens with zero attached hydrogens (tertiary/aromatic N) is 1. The molecule has 9 aromatic carbocycles. The van der Waals surface area contributed by atoms with Crippen LogP contribution in [0.3, 0.4) is 0 Å². The molecular weight excluding hydrogens is 631 g/mol. The predicted octanol–water partition coefficient (Wildman–Crippen LogP) is 14.2. The van der Waals surface area contributed by atoms with Gasteiger partial charge in [0.1, 0.15) is 11.5 Å². The fraction of sp³-hybridized carbons (Fsp3) is 0. The van der Waals surface area contributed by atoms with Crippen molar-refractivity contribution in [3.63, 3.8) is 0 Å². The van der Waals surface area contributed by atoms with Gasteiger partial charge in [0.05, 0.1) is 5.69 Å². The van der Waals surface area contributed by atoms with Gasteiger partial charge in [-0.05, 0) is 98.1 Å². The molecule has 0 N–H and O–H groups in total. The van der Waals surface area contributed by atoms with Crippen LogP contribution in [0.4, 0.5) is 17.1 Å². The number of fused-ring (bicyclic) bond motifs is 3. The van der Waals surface area contributed by atoms with Gasteiger partial charge in [-0.25, -0.2) is 0 Å². The molecular formula is C50H33NO. The van der Waals surface area contributed by atoms with Crippen LogP contribution in [0.25, 0.3) is 66.1 Å². The second-order valence-electron chi connectivity index (χ2n) is 13.3. The summed E-state index contributed by atoms with van der Waals surface area (Å²) in [6.45, 7) is 0. The highest BCUT2D eigenvalue weighted by Crippen LogP contribution is 2.48. The Bertz CT molecular complexity index is 2770. The van der Waals surface area contributed by atoms with Gasteiger partial charge in [-0.3, -0.25) is 0 Å². The zero-order valence-electron chi connectivity index (χ0n) is 28.4. The number of anilines is 3. The maximum atomic E-state index is 6.44. The minimum Gasteiger partial charge on any atom is -0.456 e. The molecule has 0 fully saturated rings. The quantitative estimate of drug-likeness (QED) is 0.176. The maximum absolute atomic E-state index is 6.44. The Balaban J connectivity index is 1.14. The average molecular weight is 664 g/mol. The molecule has 0 saturated heterocycles. The SMILES string of the molecule is c1ccc(-c2ccccc2N(c2cccc(-c3ccc4c(c3)-c3cccc5cccc(c35)O4)c2)c2cccc(-c3cccc4ccccc34)c2)cc1. The summed E-state index contributed by atoms with van der Waals surface area (Å²) in [7, 11) is 0. The summed E-state index contributed by atoms with van der Waals surface area (Å²) in [6, 6.07) is 71.7. The Hall–Kier alpha value is -6.90. The zero-order chi connectivity index (χ0) is 34.4. The monoisotopic (exact) mass is 663 g/mol. The van der Waals surface area contributed by atoms with E-state index >= 15 is 0 Å². The third kappa shape index (κ3) is 5.12. The highest BCUT2D eigenvalue weighted by Gasteiger charge is 2.22. The summed E-state index contributed by atoms with van der Waals surface area (Å²) < 4.78 is 6.44. The van der Waals surface area contributed by atoms with Crippen molar-refractivity contribution < 1.29 is 4.74 Å². The van der Waals surface area contributed by atoms with E-state index in [0.29, 0.717) is 0 Å². The van der Waals surface area contributed by atoms with E-state index in [-0.39, 0.29) is 0 Å². The molecule has 1 aliphatic heterocycles. The normalized spacial score (nSPS) is 11.6. The van der Waals surface area contributed by atoms with Crippen molar-refractivity contribution >= 4 is 38.6 Å². The van der Waals surface area contributed by atoms with Crippen LogP contribution in [-0.2, 0) is 0 Å². The lowest BCUT2D eigenvalue weighted by atomic mass is 9.92. The average Bonchev–Trinajstić information content (AvgIpc) is 3.22. The van der Waals surface area contributed by atoms with Gasteiger partial charge in [-0.1, -0.05) is 152 Å². The molecule has 0 atom stereocenters. The Morgan fingerprint density at radius 2 is 0.923 bits per heavy atom. The molecule has 0 aliphatic carbocycles. The van der Waals surface area contributed by atoms with Crippen molar-refractivity contribution in [1.82, 2.24) is 0 Å². The molecule has 0 aromatic heterocycles. The first-order valence-electron chi connectivity index (χ1n) is 17.8. The van der Waals surface area contributed by atoms with E-state index in [1.54, 1.807) is 0 Å². The van der Waals surface area contributed by atoms with Crippen LogP contribution in [-0.4, -0.2) is 0 Å². The largest absolute Gasteiger partial charge is 0.456 e. The van der Waals surface area contributed by atoms with E-state index in [1.807, 2.05) is 0 Å². The lowest BCUT2D eigenvalue weighted by molar-refractivity contribution is 0.487. The van der Waals surface area contributed by atoms with E-state index < -0.39 is 0 Å². The van der Waals surface area contributed by atoms with Gasteiger partial charge >= 0.3 is 0 Å². The summed E-state index contributed by atoms with van der Waals surface area (Å²) in [5.74, 6) is 1.79. The predicted molar refractivity (Wildman–Crippen MR) is 218 cm³/mol. The maximum Gasteiger partial charge on any atom is 0.135 e. The van der Waals surface area contributed by atoms with Crippen LogP contribution in [0.5, 0.6) is 11.5 Å². The number of benzene rings is 9. The molecule has 0 radical (unpaired) electrons. The molecule has 1 aliphatic rings. The highest BCUT2D eigenvalue weighted by atomic mass is 16.5. The summed E-state index contributed by atoms with van der Waals surface area (Å²) in [6.07, 6.45) is 0. The van der Waals surface area contributed by atoms with Gasteiger partial charge in [0.2, 0.25) is 0 Å². The van der Waals surface area contributed by atoms with Crippen LogP contribution in [0, 0.1) is 0 Å². The summed E-state index contributed by atoms with van der Waals surface area (Å²) in [5.41, 5.74) is 12.6. The molecule has 244 valence electrons. The van der Waals surface area contributed by atoms with Crippen LogP contribution >= 0.6 is 0 Å². The second-order valence-corrected chi connectivity index (χ2v) is 13.3. The Morgan fingerprint density at radius 1 is 0.327 bits per heavy atom. The van der Waals surface area contributed by atoms with Crippen LogP contribution in [0.15, 0.2) is 200 Å². The Kier molecular flexibility index (Phi) is 7.18. The second kappa shape index (κ2) is 12.5. The summed E-state index contributed by atoms with van der Waals surface area (Å²) >= 11 is 0. The van der Waals surface area contributed by atoms with E-state index in [4.69, 9.17) is 4.74 Å². The van der Waals surface area contributed by atoms with Crippen molar-refractivity contribution in [3.05, 3.63) is 200 Å². The number of rotatable bonds is 6. The Labute approximate surface area is 303 Å². The molecule has 0 bridgehead atoms. The molecule has 0 amide bonds. The minimum absolute atomic E-state index is 0.884. The molecule has 52 heavy (non-hydrogen) atoms. The molecule has 10 rings (SSSR count). The van der Waals surface area contributed by atoms with Crippen LogP contribution in [0.1, 0.15) is 0 Å². The first-order chi connectivity index (χ1) is 25.8. The minimum atomic E-state index is 0.884. The van der Waals surface area contributed by atoms with Crippen LogP contribution in [0.2, 0.25) is 0 Å². The van der Waals surface area contributed by atoms with Gasteiger partial charge in [0.25, 0.3) is 0 Å². The standard InChI is InChI=1S/C50H33NO/c1-2-13-35(14-3-1)44-24-6-7-27-47(44)51(41-22-9-20-39(32-41)43-25-10-16-34-15-4-5-23-42(34)43)40-21-8-19-37(31-40)38-29-30-48-46(33-38)45-26-11-17-36-18-12-28-49(52-48)50(36)45/h1-33H. The first kappa shape index (κ1) is 30.0. The molecule has 0 saturated carbocycles. The number of ether oxygens (including phenoxy) is 1. The third-order valence-electron chi connectivity index (χ3n) is 10.2. The lowest BCUT2D eigenvalue weighted by Gasteiger charge is -2.29. The first-order valence-corrected chi connectivity index (χ1v) is 17.8. The van der Waals surface area contributed by atoms with Crippen molar-refractivity contribution in [2.24, 2.45) is 0 Å². The topological polar surface area (TPSA) is 12.5 Å². The molecule has 2 heteroatoms. The van der Waals surface area contributed by atoms with E-state index in [1.165, 1.54) is 44.0 Å². The third-order valence-corrected chi connectivity index (χ3v) is 10.2. The number of hydrogen-bond donors (Lipinski definition) is 0. The summed E-state index contributed by atoms with van der Waals surface area (Å²) in [4.78, 5) is 2.40. The summed E-state index contributed by atoms with van der Waals surface area (Å²) in [5, 5.41) is 4.83. The number of hydrogen-bond acceptors (Lipinski definition) is 2. The molecule has 1 heterocycles. The molecule has 0 unspecified atom stereocenters. The van der Waals surface area contributed by atoms with Crippen molar-refractivity contribution in [1.29, 1.82) is 0 Å². The van der Waals surface area contributed by atoms with Gasteiger partial charge in [0.15, 0.2) is 0 Å². The highest BCUT2D eigenvalue weighted by molar-refractivity contribution is 6.05. The molecule has 2 nitrogen and oxygen atoms in total. The zero-order valence-corrected chi connectivity index (χ0v) is 28.4. The van der Waals surface area contributed by atoms with Gasteiger partial charge in [0, 0.05) is 27.9 Å². The Morgan fingerprint density at radius 3 is 1.79 bits per heavy atom. The fourth-order valence-corrected chi connectivity index (χ4v) is 7.82. The van der Waals surface area contributed by atoms with Crippen LogP contribution < -0.4 is 9.64 Å². The van der Waals surface area contributed by atoms with E-state index in [2.05, 4.69) is 205 Å².